The fourth-order valence-electron chi connectivity index (χ4n) is 3.94. The van der Waals surface area contributed by atoms with Gasteiger partial charge in [-0.2, -0.15) is 0 Å². The molecule has 0 aliphatic carbocycles. The minimum absolute atomic E-state index is 0.0945. The third-order valence-electron chi connectivity index (χ3n) is 5.50. The van der Waals surface area contributed by atoms with E-state index < -0.39 is 5.60 Å². The van der Waals surface area contributed by atoms with Crippen LogP contribution in [0, 0.1) is 0 Å². The molecule has 0 radical (unpaired) electrons. The fourth-order valence-corrected chi connectivity index (χ4v) is 3.94. The van der Waals surface area contributed by atoms with Crippen LogP contribution in [0.4, 0.5) is 0 Å². The van der Waals surface area contributed by atoms with Crippen molar-refractivity contribution >= 4 is 5.91 Å². The lowest BCUT2D eigenvalue weighted by atomic mass is 9.97. The molecule has 1 atom stereocenters. The fraction of sp³-hybridized carbons (Fsp3) is 0.682. The number of rotatable bonds is 6. The highest BCUT2D eigenvalue weighted by Crippen LogP contribution is 2.18. The van der Waals surface area contributed by atoms with E-state index in [0.29, 0.717) is 13.0 Å². The number of hydrogen-bond acceptors (Lipinski definition) is 4. The van der Waals surface area contributed by atoms with Gasteiger partial charge in [0.2, 0.25) is 0 Å². The Morgan fingerprint density at radius 3 is 2.74 bits per heavy atom. The van der Waals surface area contributed by atoms with Gasteiger partial charge in [0.15, 0.2) is 0 Å². The molecule has 0 aromatic heterocycles. The van der Waals surface area contributed by atoms with Crippen LogP contribution in [0.5, 0.6) is 0 Å². The summed E-state index contributed by atoms with van der Waals surface area (Å²) < 4.78 is 6.02. The van der Waals surface area contributed by atoms with Gasteiger partial charge in [0, 0.05) is 31.8 Å². The smallest absolute Gasteiger partial charge is 0.253 e. The average molecular weight is 375 g/mol. The van der Waals surface area contributed by atoms with Crippen molar-refractivity contribution in [3.63, 3.8) is 0 Å². The Hall–Kier alpha value is -1.43. The number of aliphatic hydroxyl groups is 1. The molecule has 5 heteroatoms. The molecule has 1 aromatic carbocycles. The molecule has 1 amide bonds. The average Bonchev–Trinajstić information content (AvgIpc) is 3.03. The monoisotopic (exact) mass is 374 g/mol. The standard InChI is InChI=1S/C22H34N2O3/c1-22(2,26)10-9-18-7-5-8-19(15-18)21(25)24-13-6-14-27-20(17-24)16-23-11-3-4-12-23/h5,7-8,15,20,26H,3-4,6,9-14,16-17H2,1-2H3. The minimum Gasteiger partial charge on any atom is -0.390 e. The molecule has 2 fully saturated rings. The van der Waals surface area contributed by atoms with Gasteiger partial charge in [-0.15, -0.1) is 0 Å². The summed E-state index contributed by atoms with van der Waals surface area (Å²) in [6.07, 6.45) is 4.99. The van der Waals surface area contributed by atoms with Crippen LogP contribution in [0.2, 0.25) is 0 Å². The molecule has 2 aliphatic rings. The Morgan fingerprint density at radius 1 is 1.22 bits per heavy atom. The van der Waals surface area contributed by atoms with Crippen LogP contribution >= 0.6 is 0 Å². The van der Waals surface area contributed by atoms with Gasteiger partial charge < -0.3 is 19.6 Å². The Morgan fingerprint density at radius 2 is 2.00 bits per heavy atom. The lowest BCUT2D eigenvalue weighted by Gasteiger charge is -2.27. The van der Waals surface area contributed by atoms with E-state index in [1.54, 1.807) is 0 Å². The maximum atomic E-state index is 13.1. The molecule has 150 valence electrons. The first-order valence-corrected chi connectivity index (χ1v) is 10.4. The van der Waals surface area contributed by atoms with Crippen molar-refractivity contribution in [1.29, 1.82) is 0 Å². The Balaban J connectivity index is 1.62. The molecular formula is C22H34N2O3. The van der Waals surface area contributed by atoms with Crippen molar-refractivity contribution in [1.82, 2.24) is 9.80 Å². The van der Waals surface area contributed by atoms with Crippen LogP contribution in [-0.4, -0.2) is 71.8 Å². The van der Waals surface area contributed by atoms with Crippen molar-refractivity contribution in [2.75, 3.05) is 39.3 Å². The molecule has 1 N–H and O–H groups in total. The SMILES string of the molecule is CC(C)(O)CCc1cccc(C(=O)N2CCCOC(CN3CCCC3)C2)c1. The number of likely N-dealkylation sites (tertiary alicyclic amines) is 1. The molecule has 1 aromatic rings. The van der Waals surface area contributed by atoms with Gasteiger partial charge in [-0.05, 0) is 76.7 Å². The predicted molar refractivity (Wildman–Crippen MR) is 107 cm³/mol. The molecular weight excluding hydrogens is 340 g/mol. The summed E-state index contributed by atoms with van der Waals surface area (Å²) in [5, 5.41) is 9.95. The third kappa shape index (κ3) is 6.30. The summed E-state index contributed by atoms with van der Waals surface area (Å²) in [6.45, 7) is 9.02. The number of hydrogen-bond donors (Lipinski definition) is 1. The number of amides is 1. The topological polar surface area (TPSA) is 53.0 Å². The van der Waals surface area contributed by atoms with Crippen LogP contribution in [0.25, 0.3) is 0 Å². The normalized spacial score (nSPS) is 22.0. The van der Waals surface area contributed by atoms with E-state index in [1.807, 2.05) is 43.0 Å². The molecule has 0 saturated carbocycles. The van der Waals surface area contributed by atoms with E-state index in [4.69, 9.17) is 4.74 Å². The number of carbonyl (C=O) groups excluding carboxylic acids is 1. The minimum atomic E-state index is -0.690. The van der Waals surface area contributed by atoms with Crippen molar-refractivity contribution in [2.24, 2.45) is 0 Å². The van der Waals surface area contributed by atoms with Gasteiger partial charge >= 0.3 is 0 Å². The maximum Gasteiger partial charge on any atom is 0.253 e. The van der Waals surface area contributed by atoms with Gasteiger partial charge in [0.1, 0.15) is 0 Å². The summed E-state index contributed by atoms with van der Waals surface area (Å²) in [5.41, 5.74) is 1.15. The summed E-state index contributed by atoms with van der Waals surface area (Å²) in [6, 6.07) is 7.86. The largest absolute Gasteiger partial charge is 0.390 e. The summed E-state index contributed by atoms with van der Waals surface area (Å²) in [4.78, 5) is 17.5. The predicted octanol–water partition coefficient (Wildman–Crippen LogP) is 2.72. The molecule has 5 nitrogen and oxygen atoms in total. The number of benzene rings is 1. The van der Waals surface area contributed by atoms with E-state index in [1.165, 1.54) is 12.8 Å². The molecule has 3 rings (SSSR count). The third-order valence-corrected chi connectivity index (χ3v) is 5.50. The second kappa shape index (κ2) is 9.18. The Bertz CT molecular complexity index is 620. The first-order chi connectivity index (χ1) is 12.9. The molecule has 2 heterocycles. The molecule has 27 heavy (non-hydrogen) atoms. The van der Waals surface area contributed by atoms with Crippen molar-refractivity contribution in [3.05, 3.63) is 35.4 Å². The summed E-state index contributed by atoms with van der Waals surface area (Å²) >= 11 is 0. The molecule has 2 aliphatic heterocycles. The van der Waals surface area contributed by atoms with Crippen LogP contribution in [-0.2, 0) is 11.2 Å². The second-order valence-electron chi connectivity index (χ2n) is 8.62. The van der Waals surface area contributed by atoms with Gasteiger partial charge in [-0.25, -0.2) is 0 Å². The number of ether oxygens (including phenoxy) is 1. The maximum absolute atomic E-state index is 13.1. The summed E-state index contributed by atoms with van der Waals surface area (Å²) in [7, 11) is 0. The van der Waals surface area contributed by atoms with Crippen LogP contribution < -0.4 is 0 Å². The number of carbonyl (C=O) groups is 1. The van der Waals surface area contributed by atoms with Gasteiger partial charge in [0.25, 0.3) is 5.91 Å². The first kappa shape index (κ1) is 20.3. The zero-order chi connectivity index (χ0) is 19.3. The quantitative estimate of drug-likeness (QED) is 0.832. The van der Waals surface area contributed by atoms with E-state index in [2.05, 4.69) is 4.90 Å². The highest BCUT2D eigenvalue weighted by Gasteiger charge is 2.26. The van der Waals surface area contributed by atoms with Gasteiger partial charge in [-0.1, -0.05) is 12.1 Å². The highest BCUT2D eigenvalue weighted by atomic mass is 16.5. The van der Waals surface area contributed by atoms with E-state index in [9.17, 15) is 9.90 Å². The van der Waals surface area contributed by atoms with Crippen LogP contribution in [0.3, 0.4) is 0 Å². The zero-order valence-corrected chi connectivity index (χ0v) is 16.8. The summed E-state index contributed by atoms with van der Waals surface area (Å²) in [5.74, 6) is 0.0945. The first-order valence-electron chi connectivity index (χ1n) is 10.4. The Kier molecular flexibility index (Phi) is 6.90. The number of nitrogens with zero attached hydrogens (tertiary/aromatic N) is 2. The zero-order valence-electron chi connectivity index (χ0n) is 16.8. The molecule has 0 spiro atoms. The van der Waals surface area contributed by atoms with Crippen molar-refractivity contribution < 1.29 is 14.6 Å². The molecule has 0 bridgehead atoms. The highest BCUT2D eigenvalue weighted by molar-refractivity contribution is 5.94. The lowest BCUT2D eigenvalue weighted by molar-refractivity contribution is 0.0297. The van der Waals surface area contributed by atoms with E-state index in [0.717, 1.165) is 56.8 Å². The van der Waals surface area contributed by atoms with Gasteiger partial charge in [0.05, 0.1) is 11.7 Å². The van der Waals surface area contributed by atoms with Crippen molar-refractivity contribution in [3.8, 4) is 0 Å². The lowest BCUT2D eigenvalue weighted by Crippen LogP contribution is -2.41. The molecule has 2 saturated heterocycles. The Labute approximate surface area is 163 Å². The molecule has 1 unspecified atom stereocenters. The van der Waals surface area contributed by atoms with Crippen LogP contribution in [0.15, 0.2) is 24.3 Å². The van der Waals surface area contributed by atoms with E-state index in [-0.39, 0.29) is 12.0 Å². The number of aryl methyl sites for hydroxylation is 1. The van der Waals surface area contributed by atoms with E-state index >= 15 is 0 Å². The van der Waals surface area contributed by atoms with Gasteiger partial charge in [-0.3, -0.25) is 4.79 Å². The van der Waals surface area contributed by atoms with Crippen LogP contribution in [0.1, 0.15) is 55.5 Å². The second-order valence-corrected chi connectivity index (χ2v) is 8.62. The van der Waals surface area contributed by atoms with Crippen molar-refractivity contribution in [2.45, 2.75) is 57.7 Å².